The van der Waals surface area contributed by atoms with Crippen molar-refractivity contribution < 1.29 is 14.1 Å². The lowest BCUT2D eigenvalue weighted by molar-refractivity contribution is 0.0745. The number of carbonyl (C=O) groups is 1. The molecule has 0 unspecified atom stereocenters. The highest BCUT2D eigenvalue weighted by Crippen LogP contribution is 2.23. The van der Waals surface area contributed by atoms with Gasteiger partial charge in [-0.2, -0.15) is 0 Å². The SMILES string of the molecule is COCc1c(C(=O)N2CCC[C@H](Cc3cnc(N)cn3)CC2)noc1C. The molecule has 8 nitrogen and oxygen atoms in total. The van der Waals surface area contributed by atoms with E-state index in [1.807, 2.05) is 4.90 Å². The van der Waals surface area contributed by atoms with Crippen molar-refractivity contribution >= 4 is 11.7 Å². The summed E-state index contributed by atoms with van der Waals surface area (Å²) in [5, 5.41) is 3.96. The van der Waals surface area contributed by atoms with Crippen LogP contribution in [0.15, 0.2) is 16.9 Å². The maximum absolute atomic E-state index is 12.9. The Morgan fingerprint density at radius 3 is 2.92 bits per heavy atom. The third-order valence-corrected chi connectivity index (χ3v) is 4.83. The van der Waals surface area contributed by atoms with Crippen LogP contribution in [0.25, 0.3) is 0 Å². The zero-order valence-electron chi connectivity index (χ0n) is 15.3. The summed E-state index contributed by atoms with van der Waals surface area (Å²) in [6.45, 7) is 3.54. The van der Waals surface area contributed by atoms with E-state index in [1.54, 1.807) is 26.4 Å². The molecule has 1 amide bonds. The summed E-state index contributed by atoms with van der Waals surface area (Å²) < 4.78 is 10.4. The monoisotopic (exact) mass is 359 g/mol. The molecule has 0 saturated carbocycles. The van der Waals surface area contributed by atoms with Gasteiger partial charge in [0.05, 0.1) is 30.3 Å². The van der Waals surface area contributed by atoms with Crippen LogP contribution in [-0.4, -0.2) is 46.1 Å². The topological polar surface area (TPSA) is 107 Å². The molecule has 0 aliphatic carbocycles. The van der Waals surface area contributed by atoms with Gasteiger partial charge in [0.25, 0.3) is 5.91 Å². The van der Waals surface area contributed by atoms with Gasteiger partial charge in [0.1, 0.15) is 11.6 Å². The van der Waals surface area contributed by atoms with Crippen molar-refractivity contribution in [2.24, 2.45) is 5.92 Å². The molecule has 140 valence electrons. The Morgan fingerprint density at radius 1 is 1.35 bits per heavy atom. The number of hydrogen-bond acceptors (Lipinski definition) is 7. The van der Waals surface area contributed by atoms with Crippen molar-refractivity contribution in [3.63, 3.8) is 0 Å². The fraction of sp³-hybridized carbons (Fsp3) is 0.556. The Labute approximate surface area is 152 Å². The standard InChI is InChI=1S/C18H25N5O3/c1-12-15(11-25-2)17(22-26-12)18(24)23-6-3-4-13(5-7-23)8-14-9-21-16(19)10-20-14/h9-10,13H,3-8,11H2,1-2H3,(H2,19,21)/t13-/m0/s1. The second-order valence-corrected chi connectivity index (χ2v) is 6.72. The van der Waals surface area contributed by atoms with Gasteiger partial charge in [-0.1, -0.05) is 5.16 Å². The van der Waals surface area contributed by atoms with E-state index in [2.05, 4.69) is 15.1 Å². The molecule has 0 radical (unpaired) electrons. The van der Waals surface area contributed by atoms with Gasteiger partial charge in [-0.15, -0.1) is 0 Å². The van der Waals surface area contributed by atoms with Crippen molar-refractivity contribution in [2.45, 2.75) is 39.2 Å². The van der Waals surface area contributed by atoms with E-state index >= 15 is 0 Å². The Morgan fingerprint density at radius 2 is 2.19 bits per heavy atom. The summed E-state index contributed by atoms with van der Waals surface area (Å²) in [5.41, 5.74) is 7.63. The predicted octanol–water partition coefficient (Wildman–Crippen LogP) is 1.99. The van der Waals surface area contributed by atoms with E-state index in [1.165, 1.54) is 0 Å². The Kier molecular flexibility index (Phi) is 5.82. The lowest BCUT2D eigenvalue weighted by atomic mass is 9.95. The van der Waals surface area contributed by atoms with Crippen molar-refractivity contribution in [1.82, 2.24) is 20.0 Å². The summed E-state index contributed by atoms with van der Waals surface area (Å²) in [6.07, 6.45) is 7.11. The number of rotatable bonds is 5. The smallest absolute Gasteiger partial charge is 0.276 e. The molecule has 2 N–H and O–H groups in total. The highest BCUT2D eigenvalue weighted by atomic mass is 16.5. The second-order valence-electron chi connectivity index (χ2n) is 6.72. The van der Waals surface area contributed by atoms with Crippen molar-refractivity contribution in [3.8, 4) is 0 Å². The Balaban J connectivity index is 1.63. The molecule has 2 aromatic rings. The van der Waals surface area contributed by atoms with Crippen LogP contribution in [0, 0.1) is 12.8 Å². The summed E-state index contributed by atoms with van der Waals surface area (Å²) >= 11 is 0. The number of methoxy groups -OCH3 is 1. The first-order chi connectivity index (χ1) is 12.6. The number of aryl methyl sites for hydroxylation is 1. The van der Waals surface area contributed by atoms with Crippen LogP contribution in [0.3, 0.4) is 0 Å². The number of nitrogen functional groups attached to an aromatic ring is 1. The minimum atomic E-state index is -0.0816. The molecule has 0 bridgehead atoms. The maximum Gasteiger partial charge on any atom is 0.276 e. The first kappa shape index (κ1) is 18.3. The molecular formula is C18H25N5O3. The number of carbonyl (C=O) groups excluding carboxylic acids is 1. The summed E-state index contributed by atoms with van der Waals surface area (Å²) in [6, 6.07) is 0. The van der Waals surface area contributed by atoms with E-state index in [4.69, 9.17) is 15.0 Å². The molecule has 3 rings (SSSR count). The number of ether oxygens (including phenoxy) is 1. The number of likely N-dealkylation sites (tertiary alicyclic amines) is 1. The van der Waals surface area contributed by atoms with Crippen LogP contribution < -0.4 is 5.73 Å². The second kappa shape index (κ2) is 8.27. The molecule has 1 atom stereocenters. The van der Waals surface area contributed by atoms with Gasteiger partial charge in [0.15, 0.2) is 5.69 Å². The van der Waals surface area contributed by atoms with Gasteiger partial charge < -0.3 is 19.9 Å². The van der Waals surface area contributed by atoms with Gasteiger partial charge in [0, 0.05) is 20.2 Å². The minimum absolute atomic E-state index is 0.0816. The lowest BCUT2D eigenvalue weighted by Crippen LogP contribution is -2.33. The number of aromatic nitrogens is 3. The summed E-state index contributed by atoms with van der Waals surface area (Å²) in [5.74, 6) is 1.45. The summed E-state index contributed by atoms with van der Waals surface area (Å²) in [4.78, 5) is 23.2. The maximum atomic E-state index is 12.9. The van der Waals surface area contributed by atoms with E-state index < -0.39 is 0 Å². The average Bonchev–Trinajstić information content (AvgIpc) is 2.85. The Hall–Kier alpha value is -2.48. The summed E-state index contributed by atoms with van der Waals surface area (Å²) in [7, 11) is 1.59. The number of nitrogens with zero attached hydrogens (tertiary/aromatic N) is 4. The molecule has 1 aliphatic heterocycles. The van der Waals surface area contributed by atoms with Crippen LogP contribution in [-0.2, 0) is 17.8 Å². The van der Waals surface area contributed by atoms with Gasteiger partial charge in [0.2, 0.25) is 0 Å². The molecule has 1 aliphatic rings. The average molecular weight is 359 g/mol. The fourth-order valence-corrected chi connectivity index (χ4v) is 3.36. The molecule has 26 heavy (non-hydrogen) atoms. The Bertz CT molecular complexity index is 744. The highest BCUT2D eigenvalue weighted by molar-refractivity contribution is 5.93. The zero-order valence-corrected chi connectivity index (χ0v) is 15.3. The van der Waals surface area contributed by atoms with Crippen LogP contribution in [0.5, 0.6) is 0 Å². The van der Waals surface area contributed by atoms with Crippen molar-refractivity contribution in [2.75, 3.05) is 25.9 Å². The van der Waals surface area contributed by atoms with Crippen LogP contribution in [0.2, 0.25) is 0 Å². The lowest BCUT2D eigenvalue weighted by Gasteiger charge is -2.20. The molecule has 0 spiro atoms. The molecular weight excluding hydrogens is 334 g/mol. The molecule has 8 heteroatoms. The molecule has 0 aromatic carbocycles. The predicted molar refractivity (Wildman–Crippen MR) is 95.3 cm³/mol. The molecule has 2 aromatic heterocycles. The molecule has 1 fully saturated rings. The number of nitrogens with two attached hydrogens (primary N) is 1. The fourth-order valence-electron chi connectivity index (χ4n) is 3.36. The normalized spacial score (nSPS) is 17.9. The largest absolute Gasteiger partial charge is 0.382 e. The third kappa shape index (κ3) is 4.19. The third-order valence-electron chi connectivity index (χ3n) is 4.83. The zero-order chi connectivity index (χ0) is 18.5. The quantitative estimate of drug-likeness (QED) is 0.869. The van der Waals surface area contributed by atoms with Crippen LogP contribution >= 0.6 is 0 Å². The molecule has 1 saturated heterocycles. The van der Waals surface area contributed by atoms with Crippen molar-refractivity contribution in [3.05, 3.63) is 35.1 Å². The van der Waals surface area contributed by atoms with E-state index in [0.29, 0.717) is 36.3 Å². The van der Waals surface area contributed by atoms with E-state index in [0.717, 1.165) is 43.5 Å². The molecule has 3 heterocycles. The van der Waals surface area contributed by atoms with Crippen LogP contribution in [0.4, 0.5) is 5.82 Å². The van der Waals surface area contributed by atoms with E-state index in [9.17, 15) is 4.79 Å². The van der Waals surface area contributed by atoms with Crippen molar-refractivity contribution in [1.29, 1.82) is 0 Å². The first-order valence-corrected chi connectivity index (χ1v) is 8.88. The highest BCUT2D eigenvalue weighted by Gasteiger charge is 2.27. The first-order valence-electron chi connectivity index (χ1n) is 8.88. The minimum Gasteiger partial charge on any atom is -0.382 e. The number of amides is 1. The number of anilines is 1. The van der Waals surface area contributed by atoms with Gasteiger partial charge in [-0.3, -0.25) is 9.78 Å². The van der Waals surface area contributed by atoms with E-state index in [-0.39, 0.29) is 5.91 Å². The van der Waals surface area contributed by atoms with Crippen LogP contribution in [0.1, 0.15) is 46.8 Å². The van der Waals surface area contributed by atoms with Gasteiger partial charge in [-0.25, -0.2) is 4.98 Å². The number of hydrogen-bond donors (Lipinski definition) is 1. The van der Waals surface area contributed by atoms with Gasteiger partial charge in [-0.05, 0) is 38.5 Å². The van der Waals surface area contributed by atoms with Gasteiger partial charge >= 0.3 is 0 Å².